The van der Waals surface area contributed by atoms with Crippen LogP contribution in [0.15, 0.2) is 40.9 Å². The van der Waals surface area contributed by atoms with Crippen molar-refractivity contribution in [3.63, 3.8) is 0 Å². The lowest BCUT2D eigenvalue weighted by molar-refractivity contribution is -0.682. The maximum Gasteiger partial charge on any atom is 0.279 e. The molecule has 6 heteroatoms. The SMILES string of the molecule is Cc1ccc(NC(=O)C[NH2+][C@H](C)c2ccc(F)cc2F)c(Br)c1. The van der Waals surface area contributed by atoms with Gasteiger partial charge in [0.05, 0.1) is 5.69 Å². The molecule has 3 N–H and O–H groups in total. The summed E-state index contributed by atoms with van der Waals surface area (Å²) in [6.07, 6.45) is 0. The highest BCUT2D eigenvalue weighted by molar-refractivity contribution is 9.10. The number of nitrogens with two attached hydrogens (primary N) is 1. The monoisotopic (exact) mass is 383 g/mol. The number of rotatable bonds is 5. The predicted molar refractivity (Wildman–Crippen MR) is 89.1 cm³/mol. The number of nitrogens with one attached hydrogen (secondary N) is 1. The fourth-order valence-electron chi connectivity index (χ4n) is 2.20. The van der Waals surface area contributed by atoms with E-state index in [9.17, 15) is 13.6 Å². The van der Waals surface area contributed by atoms with Gasteiger partial charge in [0.1, 0.15) is 17.7 Å². The van der Waals surface area contributed by atoms with E-state index in [1.54, 1.807) is 12.2 Å². The lowest BCUT2D eigenvalue weighted by atomic mass is 10.1. The van der Waals surface area contributed by atoms with Gasteiger partial charge in [0.25, 0.3) is 5.91 Å². The van der Waals surface area contributed by atoms with Crippen LogP contribution in [0, 0.1) is 18.6 Å². The van der Waals surface area contributed by atoms with Gasteiger partial charge in [-0.15, -0.1) is 0 Å². The van der Waals surface area contributed by atoms with Gasteiger partial charge in [-0.05, 0) is 59.6 Å². The smallest absolute Gasteiger partial charge is 0.279 e. The molecule has 122 valence electrons. The highest BCUT2D eigenvalue weighted by Crippen LogP contribution is 2.23. The molecular weight excluding hydrogens is 366 g/mol. The van der Waals surface area contributed by atoms with Crippen molar-refractivity contribution in [3.8, 4) is 0 Å². The fourth-order valence-corrected chi connectivity index (χ4v) is 2.80. The predicted octanol–water partition coefficient (Wildman–Crippen LogP) is 3.30. The van der Waals surface area contributed by atoms with Gasteiger partial charge in [0.15, 0.2) is 6.54 Å². The molecule has 0 spiro atoms. The Bertz CT molecular complexity index is 722. The maximum atomic E-state index is 13.7. The molecule has 0 radical (unpaired) electrons. The number of hydrogen-bond acceptors (Lipinski definition) is 1. The van der Waals surface area contributed by atoms with Crippen LogP contribution in [0.1, 0.15) is 24.1 Å². The van der Waals surface area contributed by atoms with E-state index in [2.05, 4.69) is 21.2 Å². The van der Waals surface area contributed by atoms with Gasteiger partial charge in [-0.1, -0.05) is 6.07 Å². The number of benzene rings is 2. The molecule has 0 heterocycles. The van der Waals surface area contributed by atoms with Gasteiger partial charge >= 0.3 is 0 Å². The molecule has 2 rings (SSSR count). The van der Waals surface area contributed by atoms with E-state index in [0.717, 1.165) is 16.1 Å². The van der Waals surface area contributed by atoms with E-state index in [-0.39, 0.29) is 18.5 Å². The molecule has 0 aromatic heterocycles. The van der Waals surface area contributed by atoms with Crippen molar-refractivity contribution in [3.05, 3.63) is 63.6 Å². The number of aryl methyl sites for hydroxylation is 1. The van der Waals surface area contributed by atoms with Crippen molar-refractivity contribution in [1.29, 1.82) is 0 Å². The third-order valence-corrected chi connectivity index (χ3v) is 4.16. The van der Waals surface area contributed by atoms with E-state index < -0.39 is 11.6 Å². The Kier molecular flexibility index (Phi) is 5.85. The van der Waals surface area contributed by atoms with Crippen LogP contribution in [0.4, 0.5) is 14.5 Å². The molecule has 0 aliphatic heterocycles. The third-order valence-electron chi connectivity index (χ3n) is 3.51. The first-order valence-electron chi connectivity index (χ1n) is 7.21. The average Bonchev–Trinajstić information content (AvgIpc) is 2.48. The van der Waals surface area contributed by atoms with E-state index in [4.69, 9.17) is 0 Å². The van der Waals surface area contributed by atoms with Crippen molar-refractivity contribution in [1.82, 2.24) is 0 Å². The van der Waals surface area contributed by atoms with Gasteiger partial charge < -0.3 is 10.6 Å². The molecule has 2 aromatic carbocycles. The quantitative estimate of drug-likeness (QED) is 0.817. The summed E-state index contributed by atoms with van der Waals surface area (Å²) in [6, 6.07) is 8.81. The maximum absolute atomic E-state index is 13.7. The molecule has 2 aromatic rings. The first kappa shape index (κ1) is 17.6. The van der Waals surface area contributed by atoms with Gasteiger partial charge in [0.2, 0.25) is 0 Å². The minimum atomic E-state index is -0.611. The Hall–Kier alpha value is -1.79. The number of anilines is 1. The van der Waals surface area contributed by atoms with E-state index >= 15 is 0 Å². The largest absolute Gasteiger partial charge is 0.332 e. The number of carbonyl (C=O) groups is 1. The molecule has 1 amide bonds. The number of carbonyl (C=O) groups excluding carboxylic acids is 1. The molecule has 3 nitrogen and oxygen atoms in total. The average molecular weight is 384 g/mol. The van der Waals surface area contributed by atoms with Crippen LogP contribution in [0.25, 0.3) is 0 Å². The summed E-state index contributed by atoms with van der Waals surface area (Å²) in [7, 11) is 0. The van der Waals surface area contributed by atoms with E-state index in [1.165, 1.54) is 12.1 Å². The highest BCUT2D eigenvalue weighted by atomic mass is 79.9. The Morgan fingerprint density at radius 1 is 1.26 bits per heavy atom. The molecule has 0 unspecified atom stereocenters. The second-order valence-electron chi connectivity index (χ2n) is 5.43. The van der Waals surface area contributed by atoms with Crippen molar-refractivity contribution in [2.75, 3.05) is 11.9 Å². The summed E-state index contributed by atoms with van der Waals surface area (Å²) in [5.74, 6) is -1.40. The number of hydrogen-bond donors (Lipinski definition) is 2. The first-order chi connectivity index (χ1) is 10.9. The van der Waals surface area contributed by atoms with Crippen LogP contribution >= 0.6 is 15.9 Å². The van der Waals surface area contributed by atoms with Crippen molar-refractivity contribution in [2.24, 2.45) is 0 Å². The summed E-state index contributed by atoms with van der Waals surface area (Å²) in [6.45, 7) is 3.87. The zero-order chi connectivity index (χ0) is 17.0. The first-order valence-corrected chi connectivity index (χ1v) is 8.00. The van der Waals surface area contributed by atoms with Gasteiger partial charge in [0, 0.05) is 16.1 Å². The highest BCUT2D eigenvalue weighted by Gasteiger charge is 2.16. The van der Waals surface area contributed by atoms with Gasteiger partial charge in [-0.2, -0.15) is 0 Å². The Morgan fingerprint density at radius 3 is 2.65 bits per heavy atom. The second kappa shape index (κ2) is 7.66. The van der Waals surface area contributed by atoms with Crippen LogP contribution in [-0.4, -0.2) is 12.5 Å². The van der Waals surface area contributed by atoms with Crippen LogP contribution < -0.4 is 10.6 Å². The molecule has 1 atom stereocenters. The van der Waals surface area contributed by atoms with Crippen molar-refractivity contribution < 1.29 is 18.9 Å². The molecule has 23 heavy (non-hydrogen) atoms. The lowest BCUT2D eigenvalue weighted by Crippen LogP contribution is -2.86. The molecular formula is C17H18BrF2N2O+. The standard InChI is InChI=1S/C17H17BrF2N2O/c1-10-3-6-16(14(18)7-10)22-17(23)9-21-11(2)13-5-4-12(19)8-15(13)20/h3-8,11,21H,9H2,1-2H3,(H,22,23)/p+1/t11-/m1/s1. The summed E-state index contributed by atoms with van der Waals surface area (Å²) in [5.41, 5.74) is 2.15. The molecule has 0 fully saturated rings. The topological polar surface area (TPSA) is 45.7 Å². The van der Waals surface area contributed by atoms with Gasteiger partial charge in [-0.3, -0.25) is 4.79 Å². The Morgan fingerprint density at radius 2 is 2.00 bits per heavy atom. The second-order valence-corrected chi connectivity index (χ2v) is 6.28. The Labute approximate surface area is 142 Å². The number of quaternary nitrogens is 1. The molecule has 0 saturated carbocycles. The zero-order valence-corrected chi connectivity index (χ0v) is 14.5. The van der Waals surface area contributed by atoms with Crippen molar-refractivity contribution >= 4 is 27.5 Å². The third kappa shape index (κ3) is 4.84. The van der Waals surface area contributed by atoms with E-state index in [0.29, 0.717) is 11.3 Å². The lowest BCUT2D eigenvalue weighted by Gasteiger charge is -2.12. The van der Waals surface area contributed by atoms with Crippen molar-refractivity contribution in [2.45, 2.75) is 19.9 Å². The number of halogens is 3. The molecule has 0 bridgehead atoms. The summed E-state index contributed by atoms with van der Waals surface area (Å²) in [5, 5.41) is 4.50. The minimum absolute atomic E-state index is 0.137. The van der Waals surface area contributed by atoms with Gasteiger partial charge in [-0.25, -0.2) is 8.78 Å². The molecule has 0 aliphatic rings. The zero-order valence-electron chi connectivity index (χ0n) is 12.9. The summed E-state index contributed by atoms with van der Waals surface area (Å²) < 4.78 is 27.4. The van der Waals surface area contributed by atoms with Crippen LogP contribution in [0.3, 0.4) is 0 Å². The van der Waals surface area contributed by atoms with E-state index in [1.807, 2.05) is 25.1 Å². The summed E-state index contributed by atoms with van der Waals surface area (Å²) >= 11 is 3.40. The Balaban J connectivity index is 1.93. The van der Waals surface area contributed by atoms with Crippen LogP contribution in [0.5, 0.6) is 0 Å². The minimum Gasteiger partial charge on any atom is -0.332 e. The normalized spacial score (nSPS) is 12.0. The molecule has 0 saturated heterocycles. The fraction of sp³-hybridized carbons (Fsp3) is 0.235. The molecule has 0 aliphatic carbocycles. The van der Waals surface area contributed by atoms with Crippen LogP contribution in [0.2, 0.25) is 0 Å². The summed E-state index contributed by atoms with van der Waals surface area (Å²) in [4.78, 5) is 12.0. The van der Waals surface area contributed by atoms with Crippen LogP contribution in [-0.2, 0) is 4.79 Å². The number of amides is 1.